The summed E-state index contributed by atoms with van der Waals surface area (Å²) in [6, 6.07) is 6.16. The molecule has 0 saturated heterocycles. The normalized spacial score (nSPS) is 10.8. The molecule has 2 N–H and O–H groups in total. The number of aromatic nitrogens is 2. The van der Waals surface area contributed by atoms with Gasteiger partial charge in [0.15, 0.2) is 0 Å². The van der Waals surface area contributed by atoms with Gasteiger partial charge in [0.05, 0.1) is 11.4 Å². The highest BCUT2D eigenvalue weighted by molar-refractivity contribution is 6.33. The minimum atomic E-state index is 0.493. The van der Waals surface area contributed by atoms with Crippen molar-refractivity contribution in [3.63, 3.8) is 0 Å². The van der Waals surface area contributed by atoms with E-state index in [-0.39, 0.29) is 0 Å². The van der Waals surface area contributed by atoms with E-state index in [0.717, 1.165) is 16.9 Å². The van der Waals surface area contributed by atoms with Crippen LogP contribution in [0.4, 0.5) is 5.82 Å². The van der Waals surface area contributed by atoms with E-state index in [1.165, 1.54) is 5.56 Å². The van der Waals surface area contributed by atoms with Gasteiger partial charge in [0.25, 0.3) is 0 Å². The van der Waals surface area contributed by atoms with Crippen LogP contribution in [-0.2, 0) is 0 Å². The van der Waals surface area contributed by atoms with Gasteiger partial charge in [-0.05, 0) is 38.0 Å². The molecule has 2 rings (SSSR count). The summed E-state index contributed by atoms with van der Waals surface area (Å²) in [7, 11) is 0. The number of nitrogen functional groups attached to an aromatic ring is 1. The first kappa shape index (κ1) is 11.0. The molecule has 1 aromatic carbocycles. The predicted molar refractivity (Wildman–Crippen MR) is 67.2 cm³/mol. The quantitative estimate of drug-likeness (QED) is 0.826. The molecule has 3 nitrogen and oxygen atoms in total. The van der Waals surface area contributed by atoms with Crippen LogP contribution in [0.2, 0.25) is 5.02 Å². The number of aryl methyl sites for hydroxylation is 3. The Kier molecular flexibility index (Phi) is 2.64. The molecule has 1 aromatic heterocycles. The second kappa shape index (κ2) is 3.83. The number of halogens is 1. The van der Waals surface area contributed by atoms with Gasteiger partial charge in [0.1, 0.15) is 10.8 Å². The monoisotopic (exact) mass is 235 g/mol. The Morgan fingerprint density at radius 3 is 2.50 bits per heavy atom. The molecule has 0 fully saturated rings. The number of nitrogens with two attached hydrogens (primary N) is 1. The van der Waals surface area contributed by atoms with Crippen LogP contribution in [0.3, 0.4) is 0 Å². The predicted octanol–water partition coefficient (Wildman–Crippen LogP) is 3.03. The molecular formula is C12H14ClN3. The zero-order valence-corrected chi connectivity index (χ0v) is 10.3. The summed E-state index contributed by atoms with van der Waals surface area (Å²) in [6.07, 6.45) is 0. The van der Waals surface area contributed by atoms with E-state index in [0.29, 0.717) is 10.8 Å². The maximum absolute atomic E-state index is 6.03. The van der Waals surface area contributed by atoms with Crippen LogP contribution in [0.5, 0.6) is 0 Å². The summed E-state index contributed by atoms with van der Waals surface area (Å²) in [4.78, 5) is 0. The van der Waals surface area contributed by atoms with E-state index in [1.807, 2.05) is 20.8 Å². The van der Waals surface area contributed by atoms with Crippen LogP contribution in [0.25, 0.3) is 5.69 Å². The Hall–Kier alpha value is -1.48. The molecule has 0 saturated carbocycles. The topological polar surface area (TPSA) is 43.8 Å². The van der Waals surface area contributed by atoms with Gasteiger partial charge in [0, 0.05) is 0 Å². The van der Waals surface area contributed by atoms with E-state index in [9.17, 15) is 0 Å². The summed E-state index contributed by atoms with van der Waals surface area (Å²) >= 11 is 6.03. The fourth-order valence-electron chi connectivity index (χ4n) is 1.66. The minimum Gasteiger partial charge on any atom is -0.382 e. The molecule has 0 aliphatic heterocycles. The zero-order chi connectivity index (χ0) is 11.9. The molecule has 0 atom stereocenters. The molecule has 0 bridgehead atoms. The molecule has 2 aromatic rings. The van der Waals surface area contributed by atoms with Crippen LogP contribution in [0, 0.1) is 20.8 Å². The van der Waals surface area contributed by atoms with Gasteiger partial charge < -0.3 is 5.73 Å². The Labute approximate surface area is 99.8 Å². The third-order valence-corrected chi connectivity index (χ3v) is 3.08. The molecular weight excluding hydrogens is 222 g/mol. The molecule has 0 spiro atoms. The summed E-state index contributed by atoms with van der Waals surface area (Å²) < 4.78 is 1.69. The highest BCUT2D eigenvalue weighted by atomic mass is 35.5. The maximum atomic E-state index is 6.03. The SMILES string of the molecule is Cc1ccc(C)c(-n2nc(C)c(Cl)c2N)c1. The lowest BCUT2D eigenvalue weighted by Gasteiger charge is -2.08. The van der Waals surface area contributed by atoms with Crippen molar-refractivity contribution in [3.05, 3.63) is 40.0 Å². The average molecular weight is 236 g/mol. The third-order valence-electron chi connectivity index (χ3n) is 2.61. The van der Waals surface area contributed by atoms with E-state index in [2.05, 4.69) is 23.3 Å². The van der Waals surface area contributed by atoms with Crippen molar-refractivity contribution in [2.75, 3.05) is 5.73 Å². The zero-order valence-electron chi connectivity index (χ0n) is 9.58. The number of benzene rings is 1. The summed E-state index contributed by atoms with van der Waals surface area (Å²) in [5.41, 5.74) is 9.94. The summed E-state index contributed by atoms with van der Waals surface area (Å²) in [5.74, 6) is 0.493. The standard InChI is InChI=1S/C12H14ClN3/c1-7-4-5-8(2)10(6-7)16-12(14)11(13)9(3)15-16/h4-6H,14H2,1-3H3. The molecule has 0 aliphatic rings. The van der Waals surface area contributed by atoms with Crippen LogP contribution in [-0.4, -0.2) is 9.78 Å². The van der Waals surface area contributed by atoms with Crippen molar-refractivity contribution in [2.45, 2.75) is 20.8 Å². The Morgan fingerprint density at radius 1 is 1.25 bits per heavy atom. The number of hydrogen-bond donors (Lipinski definition) is 1. The van der Waals surface area contributed by atoms with Crippen molar-refractivity contribution in [3.8, 4) is 5.69 Å². The van der Waals surface area contributed by atoms with Crippen molar-refractivity contribution >= 4 is 17.4 Å². The van der Waals surface area contributed by atoms with Crippen LogP contribution in [0.15, 0.2) is 18.2 Å². The van der Waals surface area contributed by atoms with Crippen LogP contribution < -0.4 is 5.73 Å². The van der Waals surface area contributed by atoms with Crippen LogP contribution in [0.1, 0.15) is 16.8 Å². The first-order valence-electron chi connectivity index (χ1n) is 5.09. The molecule has 16 heavy (non-hydrogen) atoms. The lowest BCUT2D eigenvalue weighted by molar-refractivity contribution is 0.864. The Morgan fingerprint density at radius 2 is 1.94 bits per heavy atom. The van der Waals surface area contributed by atoms with Gasteiger partial charge in [-0.25, -0.2) is 4.68 Å². The molecule has 0 aliphatic carbocycles. The number of hydrogen-bond acceptors (Lipinski definition) is 2. The molecule has 0 unspecified atom stereocenters. The maximum Gasteiger partial charge on any atom is 0.146 e. The third kappa shape index (κ3) is 1.67. The van der Waals surface area contributed by atoms with Gasteiger partial charge in [0.2, 0.25) is 0 Å². The van der Waals surface area contributed by atoms with Gasteiger partial charge in [-0.3, -0.25) is 0 Å². The van der Waals surface area contributed by atoms with E-state index >= 15 is 0 Å². The van der Waals surface area contributed by atoms with Crippen molar-refractivity contribution in [1.29, 1.82) is 0 Å². The highest BCUT2D eigenvalue weighted by Crippen LogP contribution is 2.27. The van der Waals surface area contributed by atoms with Gasteiger partial charge >= 0.3 is 0 Å². The van der Waals surface area contributed by atoms with Crippen LogP contribution >= 0.6 is 11.6 Å². The van der Waals surface area contributed by atoms with Crippen molar-refractivity contribution in [1.82, 2.24) is 9.78 Å². The number of anilines is 1. The fraction of sp³-hybridized carbons (Fsp3) is 0.250. The summed E-state index contributed by atoms with van der Waals surface area (Å²) in [6.45, 7) is 5.91. The first-order valence-corrected chi connectivity index (χ1v) is 5.46. The average Bonchev–Trinajstić information content (AvgIpc) is 2.50. The second-order valence-corrected chi connectivity index (χ2v) is 4.36. The van der Waals surface area contributed by atoms with Crippen molar-refractivity contribution in [2.24, 2.45) is 0 Å². The van der Waals surface area contributed by atoms with Gasteiger partial charge in [-0.1, -0.05) is 23.7 Å². The molecule has 0 radical (unpaired) electrons. The lowest BCUT2D eigenvalue weighted by Crippen LogP contribution is -2.04. The van der Waals surface area contributed by atoms with E-state index in [1.54, 1.807) is 4.68 Å². The van der Waals surface area contributed by atoms with E-state index in [4.69, 9.17) is 17.3 Å². The highest BCUT2D eigenvalue weighted by Gasteiger charge is 2.12. The summed E-state index contributed by atoms with van der Waals surface area (Å²) in [5, 5.41) is 4.87. The largest absolute Gasteiger partial charge is 0.382 e. The van der Waals surface area contributed by atoms with E-state index < -0.39 is 0 Å². The number of rotatable bonds is 1. The Balaban J connectivity index is 2.67. The Bertz CT molecular complexity index is 543. The lowest BCUT2D eigenvalue weighted by atomic mass is 10.1. The van der Waals surface area contributed by atoms with Gasteiger partial charge in [-0.15, -0.1) is 0 Å². The van der Waals surface area contributed by atoms with Gasteiger partial charge in [-0.2, -0.15) is 5.10 Å². The smallest absolute Gasteiger partial charge is 0.146 e. The molecule has 4 heteroatoms. The molecule has 0 amide bonds. The fourth-order valence-corrected chi connectivity index (χ4v) is 1.78. The molecule has 1 heterocycles. The molecule has 84 valence electrons. The second-order valence-electron chi connectivity index (χ2n) is 3.99. The number of nitrogens with zero attached hydrogens (tertiary/aromatic N) is 2. The minimum absolute atomic E-state index is 0.493. The first-order chi connectivity index (χ1) is 7.50. The van der Waals surface area contributed by atoms with Crippen molar-refractivity contribution < 1.29 is 0 Å².